The molecular formula is C55H68N10O8. The van der Waals surface area contributed by atoms with Crippen LogP contribution < -0.4 is 22.1 Å². The number of aromatic nitrogens is 5. The molecule has 3 aromatic heterocycles. The average molecular weight is 997 g/mol. The fourth-order valence-corrected chi connectivity index (χ4v) is 9.92. The third-order valence-corrected chi connectivity index (χ3v) is 14.2. The number of nitrogens with two attached hydrogens (primary N) is 1. The maximum absolute atomic E-state index is 13.6. The first-order chi connectivity index (χ1) is 35.6. The number of imide groups is 1. The molecule has 2 saturated heterocycles. The van der Waals surface area contributed by atoms with Gasteiger partial charge in [-0.3, -0.25) is 38.4 Å². The Morgan fingerprint density at radius 2 is 1.45 bits per heavy atom. The molecule has 1 unspecified atom stereocenters. The number of ether oxygens (including phenoxy) is 4. The molecule has 0 radical (unpaired) electrons. The summed E-state index contributed by atoms with van der Waals surface area (Å²) in [5.41, 5.74) is 15.1. The molecule has 18 heteroatoms. The van der Waals surface area contributed by atoms with E-state index in [9.17, 15) is 19.2 Å². The third-order valence-electron chi connectivity index (χ3n) is 14.2. The van der Waals surface area contributed by atoms with E-state index in [-0.39, 0.29) is 41.9 Å². The number of anilines is 1. The van der Waals surface area contributed by atoms with E-state index < -0.39 is 11.9 Å². The van der Waals surface area contributed by atoms with Crippen LogP contribution in [0.5, 0.6) is 0 Å². The molecule has 6 aromatic rings. The predicted octanol–water partition coefficient (Wildman–Crippen LogP) is 5.12. The second kappa shape index (κ2) is 24.5. The number of nitrogen functional groups attached to an aromatic ring is 1. The molecule has 2 aliphatic heterocycles. The summed E-state index contributed by atoms with van der Waals surface area (Å²) in [5, 5.41) is 10.0. The van der Waals surface area contributed by atoms with Crippen LogP contribution in [0, 0.1) is 0 Å². The van der Waals surface area contributed by atoms with Crippen LogP contribution in [0.15, 0.2) is 96.2 Å². The number of rotatable bonds is 23. The van der Waals surface area contributed by atoms with Crippen molar-refractivity contribution >= 4 is 34.6 Å². The van der Waals surface area contributed by atoms with Gasteiger partial charge in [-0.25, -0.2) is 9.78 Å². The number of likely N-dealkylation sites (N-methyl/N-ethyl adjacent to an activating group) is 1. The van der Waals surface area contributed by atoms with Gasteiger partial charge in [-0.05, 0) is 91.6 Å². The molecule has 4 N–H and O–H groups in total. The number of carbonyl (C=O) groups is 3. The van der Waals surface area contributed by atoms with E-state index in [4.69, 9.17) is 24.7 Å². The van der Waals surface area contributed by atoms with Crippen molar-refractivity contribution < 1.29 is 33.3 Å². The summed E-state index contributed by atoms with van der Waals surface area (Å²) in [6.45, 7) is 9.21. The number of nitrogens with zero attached hydrogens (tertiary/aromatic N) is 7. The Morgan fingerprint density at radius 3 is 2.19 bits per heavy atom. The smallest absolute Gasteiger partial charge is 0.329 e. The minimum absolute atomic E-state index is 0.107. The molecule has 1 aliphatic carbocycles. The number of hydrogen-bond acceptors (Lipinski definition) is 13. The second-order valence-corrected chi connectivity index (χ2v) is 19.4. The third kappa shape index (κ3) is 13.2. The summed E-state index contributed by atoms with van der Waals surface area (Å²) in [6, 6.07) is 24.2. The normalized spacial score (nSPS) is 18.7. The fraction of sp³-hybridized carbons (Fsp3) is 0.455. The van der Waals surface area contributed by atoms with Gasteiger partial charge >= 0.3 is 5.69 Å². The topological polar surface area (TPSA) is 202 Å². The molecule has 3 atom stereocenters. The molecule has 18 nitrogen and oxygen atoms in total. The van der Waals surface area contributed by atoms with E-state index >= 15 is 0 Å². The molecule has 3 fully saturated rings. The summed E-state index contributed by atoms with van der Waals surface area (Å²) in [7, 11) is 3.88. The van der Waals surface area contributed by atoms with Crippen molar-refractivity contribution in [2.45, 2.75) is 82.8 Å². The van der Waals surface area contributed by atoms with Crippen molar-refractivity contribution in [3.8, 4) is 22.3 Å². The molecular weight excluding hydrogens is 929 g/mol. The Bertz CT molecular complexity index is 2890. The van der Waals surface area contributed by atoms with E-state index in [1.165, 1.54) is 21.3 Å². The maximum Gasteiger partial charge on any atom is 0.329 e. The number of piperazine rings is 1. The van der Waals surface area contributed by atoms with Crippen molar-refractivity contribution in [3.05, 3.63) is 124 Å². The zero-order valence-electron chi connectivity index (χ0n) is 42.0. The second-order valence-electron chi connectivity index (χ2n) is 19.4. The highest BCUT2D eigenvalue weighted by molar-refractivity contribution is 6.00. The predicted molar refractivity (Wildman–Crippen MR) is 278 cm³/mol. The van der Waals surface area contributed by atoms with Gasteiger partial charge in [0.15, 0.2) is 0 Å². The average Bonchev–Trinajstić information content (AvgIpc) is 4.12. The highest BCUT2D eigenvalue weighted by Crippen LogP contribution is 2.28. The number of fused-ring (bicyclic) bond motifs is 1. The minimum Gasteiger partial charge on any atom is -0.383 e. The number of piperidine rings is 1. The fourth-order valence-electron chi connectivity index (χ4n) is 9.92. The van der Waals surface area contributed by atoms with Gasteiger partial charge in [0.1, 0.15) is 11.9 Å². The number of pyridine rings is 1. The molecule has 386 valence electrons. The summed E-state index contributed by atoms with van der Waals surface area (Å²) in [6.07, 6.45) is 9.89. The van der Waals surface area contributed by atoms with Crippen molar-refractivity contribution in [2.24, 2.45) is 7.05 Å². The largest absolute Gasteiger partial charge is 0.383 e. The molecule has 0 spiro atoms. The van der Waals surface area contributed by atoms with E-state index in [1.807, 2.05) is 24.4 Å². The number of imidazole rings is 1. The van der Waals surface area contributed by atoms with Crippen LogP contribution in [-0.4, -0.2) is 136 Å². The van der Waals surface area contributed by atoms with Gasteiger partial charge in [-0.2, -0.15) is 5.10 Å². The molecule has 0 bridgehead atoms. The quantitative estimate of drug-likeness (QED) is 0.0565. The Hall–Kier alpha value is -6.54. The Kier molecular flexibility index (Phi) is 17.2. The van der Waals surface area contributed by atoms with E-state index in [0.29, 0.717) is 70.3 Å². The molecule has 73 heavy (non-hydrogen) atoms. The van der Waals surface area contributed by atoms with Gasteiger partial charge in [0, 0.05) is 76.3 Å². The lowest BCUT2D eigenvalue weighted by Gasteiger charge is -2.32. The van der Waals surface area contributed by atoms with Crippen LogP contribution >= 0.6 is 0 Å². The van der Waals surface area contributed by atoms with Crippen LogP contribution in [0.2, 0.25) is 0 Å². The van der Waals surface area contributed by atoms with Gasteiger partial charge in [0.25, 0.3) is 5.91 Å². The number of carbonyl (C=O) groups excluding carboxylic acids is 3. The van der Waals surface area contributed by atoms with E-state index in [2.05, 4.69) is 86.1 Å². The maximum atomic E-state index is 13.6. The lowest BCUT2D eigenvalue weighted by molar-refractivity contribution is -0.135. The van der Waals surface area contributed by atoms with Crippen molar-refractivity contribution in [1.82, 2.24) is 44.3 Å². The lowest BCUT2D eigenvalue weighted by atomic mass is 10.0. The van der Waals surface area contributed by atoms with Crippen molar-refractivity contribution in [2.75, 3.05) is 78.6 Å². The van der Waals surface area contributed by atoms with Gasteiger partial charge < -0.3 is 34.9 Å². The van der Waals surface area contributed by atoms with Crippen LogP contribution in [0.1, 0.15) is 71.6 Å². The highest BCUT2D eigenvalue weighted by Gasteiger charge is 2.32. The Labute approximate surface area is 425 Å². The van der Waals surface area contributed by atoms with E-state index in [1.54, 1.807) is 34.8 Å². The van der Waals surface area contributed by atoms with Crippen LogP contribution in [0.4, 0.5) is 5.82 Å². The first-order valence-corrected chi connectivity index (χ1v) is 25.6. The molecule has 3 amide bonds. The molecule has 3 aromatic carbocycles. The van der Waals surface area contributed by atoms with E-state index in [0.717, 1.165) is 92.6 Å². The van der Waals surface area contributed by atoms with Crippen molar-refractivity contribution in [1.29, 1.82) is 0 Å². The van der Waals surface area contributed by atoms with Crippen LogP contribution in [0.3, 0.4) is 0 Å². The lowest BCUT2D eigenvalue weighted by Crippen LogP contribution is -2.44. The van der Waals surface area contributed by atoms with Crippen molar-refractivity contribution in [3.63, 3.8) is 0 Å². The first-order valence-electron chi connectivity index (χ1n) is 25.6. The minimum atomic E-state index is -0.704. The standard InChI is InChI=1S/C55H68N10O8/c1-61-20-22-63(23-21-61)35-39-8-13-41(14-9-39)42-15-10-40(11-16-42)37-73-50-7-3-6-46(50)59-53(67)45-32-43(33-57-52(45)56)44-34-58-64(36-44)24-26-71-28-30-72-29-27-70-25-4-5-38-12-17-47-49(31-38)62(2)55(69)65(47)48-18-19-51(66)60-54(48)68/h8-17,31-34,36,46,48,50H,3-7,18-30,35,37H2,1-2H3,(H2,56,57)(H,59,67)(H,60,66,68)/t46-,48?,50-/m0/s1. The van der Waals surface area contributed by atoms with Gasteiger partial charge in [-0.15, -0.1) is 0 Å². The molecule has 5 heterocycles. The molecule has 9 rings (SSSR count). The number of amides is 3. The summed E-state index contributed by atoms with van der Waals surface area (Å²) in [5.74, 6) is -0.865. The monoisotopic (exact) mass is 997 g/mol. The zero-order valence-corrected chi connectivity index (χ0v) is 42.0. The molecule has 1 saturated carbocycles. The Morgan fingerprint density at radius 1 is 0.753 bits per heavy atom. The SMILES string of the molecule is CN1CCN(Cc2ccc(-c3ccc(CO[C@H]4CCC[C@@H]4NC(=O)c4cc(-c5cnn(CCOCCOCCOCCCc6ccc7c(c6)n(C)c(=O)n7C6CCC(=O)NC6=O)c5)cnc4N)cc3)cc2)CC1. The Balaban J connectivity index is 0.642. The van der Waals surface area contributed by atoms with Gasteiger partial charge in [-0.1, -0.05) is 54.6 Å². The molecule has 3 aliphatic rings. The summed E-state index contributed by atoms with van der Waals surface area (Å²) >= 11 is 0. The number of hydrogen-bond donors (Lipinski definition) is 3. The van der Waals surface area contributed by atoms with Crippen LogP contribution in [-0.2, 0) is 61.7 Å². The first kappa shape index (κ1) is 51.4. The number of nitrogens with one attached hydrogen (secondary N) is 2. The van der Waals surface area contributed by atoms with Gasteiger partial charge in [0.2, 0.25) is 11.8 Å². The number of aryl methyl sites for hydroxylation is 2. The summed E-state index contributed by atoms with van der Waals surface area (Å²) in [4.78, 5) is 60.1. The zero-order chi connectivity index (χ0) is 50.7. The van der Waals surface area contributed by atoms with Gasteiger partial charge in [0.05, 0.1) is 81.1 Å². The summed E-state index contributed by atoms with van der Waals surface area (Å²) < 4.78 is 28.5. The number of benzene rings is 3. The van der Waals surface area contributed by atoms with Crippen LogP contribution in [0.25, 0.3) is 33.3 Å². The highest BCUT2D eigenvalue weighted by atomic mass is 16.5.